The van der Waals surface area contributed by atoms with Gasteiger partial charge in [0.05, 0.1) is 12.9 Å². The molecule has 3 aromatic rings. The molecule has 0 saturated carbocycles. The predicted molar refractivity (Wildman–Crippen MR) is 119 cm³/mol. The Balaban J connectivity index is 1.66. The predicted octanol–water partition coefficient (Wildman–Crippen LogP) is 2.26. The molecule has 1 aromatic carbocycles. The number of aromatic nitrogens is 4. The molecule has 34 heavy (non-hydrogen) atoms. The lowest BCUT2D eigenvalue weighted by Gasteiger charge is -2.30. The van der Waals surface area contributed by atoms with Crippen molar-refractivity contribution < 1.29 is 33.2 Å². The second-order valence-corrected chi connectivity index (χ2v) is 8.19. The zero-order valence-corrected chi connectivity index (χ0v) is 19.5. The van der Waals surface area contributed by atoms with Crippen molar-refractivity contribution in [2.24, 2.45) is 0 Å². The molecule has 0 bridgehead atoms. The third-order valence-corrected chi connectivity index (χ3v) is 5.46. The van der Waals surface area contributed by atoms with Crippen LogP contribution in [0.3, 0.4) is 0 Å². The minimum atomic E-state index is -0.971. The highest BCUT2D eigenvalue weighted by molar-refractivity contribution is 5.76. The van der Waals surface area contributed by atoms with Gasteiger partial charge in [-0.25, -0.2) is 9.97 Å². The number of fused-ring (bicyclic) bond motifs is 1. The quantitative estimate of drug-likeness (QED) is 0.385. The highest BCUT2D eigenvalue weighted by atomic mass is 16.8. The Morgan fingerprint density at radius 3 is 2.65 bits per heavy atom. The minimum Gasteiger partial charge on any atom is -0.471 e. The van der Waals surface area contributed by atoms with Crippen molar-refractivity contribution in [2.45, 2.75) is 50.8 Å². The van der Waals surface area contributed by atoms with E-state index in [9.17, 15) is 4.79 Å². The summed E-state index contributed by atoms with van der Waals surface area (Å²) < 4.78 is 36.1. The number of ether oxygens (including phenoxy) is 6. The molecule has 11 nitrogen and oxygen atoms in total. The molecule has 1 saturated heterocycles. The lowest BCUT2D eigenvalue weighted by atomic mass is 10.1. The Bertz CT molecular complexity index is 1090. The molecule has 1 fully saturated rings. The number of hydrogen-bond acceptors (Lipinski definition) is 10. The number of carbonyl (C=O) groups is 1. The fraction of sp³-hybridized carbons (Fsp3) is 0.478. The van der Waals surface area contributed by atoms with Gasteiger partial charge in [0.25, 0.3) is 6.47 Å². The molecule has 182 valence electrons. The molecule has 1 aliphatic heterocycles. The van der Waals surface area contributed by atoms with Crippen LogP contribution < -0.4 is 4.74 Å². The molecule has 0 N–H and O–H groups in total. The molecule has 0 aliphatic carbocycles. The van der Waals surface area contributed by atoms with Gasteiger partial charge < -0.3 is 28.4 Å². The fourth-order valence-corrected chi connectivity index (χ4v) is 3.97. The summed E-state index contributed by atoms with van der Waals surface area (Å²) in [6.45, 7) is 4.44. The van der Waals surface area contributed by atoms with E-state index in [4.69, 9.17) is 28.4 Å². The van der Waals surface area contributed by atoms with Gasteiger partial charge in [-0.3, -0.25) is 9.36 Å². The molecule has 2 aromatic heterocycles. The standard InChI is InChI=1S/C23H28N4O7/c1-23(2)33-19(18(32-14-28)16(30-4)11-29-3)22(34-23)27-13-26-17-20(27)24-12-25-21(17)31-10-15-8-6-5-7-9-15/h5-9,12-14,16,18-19,22H,10-11H2,1-4H3/t16-,18-,19+,22-/m1/s1. The van der Waals surface area contributed by atoms with Crippen LogP contribution in [0.4, 0.5) is 0 Å². The third kappa shape index (κ3) is 5.02. The zero-order valence-electron chi connectivity index (χ0n) is 19.5. The molecule has 3 heterocycles. The number of benzene rings is 1. The molecule has 0 spiro atoms. The first-order valence-corrected chi connectivity index (χ1v) is 10.8. The van der Waals surface area contributed by atoms with Crippen LogP contribution in [-0.4, -0.2) is 70.9 Å². The molecular weight excluding hydrogens is 444 g/mol. The number of hydrogen-bond donors (Lipinski definition) is 0. The van der Waals surface area contributed by atoms with Crippen LogP contribution in [0.1, 0.15) is 25.6 Å². The van der Waals surface area contributed by atoms with Crippen LogP contribution in [0.25, 0.3) is 11.2 Å². The van der Waals surface area contributed by atoms with Crippen molar-refractivity contribution in [3.05, 3.63) is 48.5 Å². The molecule has 1 aliphatic rings. The summed E-state index contributed by atoms with van der Waals surface area (Å²) in [6, 6.07) is 9.76. The van der Waals surface area contributed by atoms with Gasteiger partial charge in [-0.05, 0) is 19.4 Å². The molecule has 0 amide bonds. The van der Waals surface area contributed by atoms with E-state index in [2.05, 4.69) is 15.0 Å². The van der Waals surface area contributed by atoms with E-state index in [-0.39, 0.29) is 6.61 Å². The van der Waals surface area contributed by atoms with Gasteiger partial charge in [-0.2, -0.15) is 4.98 Å². The summed E-state index contributed by atoms with van der Waals surface area (Å²) in [5.41, 5.74) is 1.96. The van der Waals surface area contributed by atoms with E-state index >= 15 is 0 Å². The average molecular weight is 472 g/mol. The highest BCUT2D eigenvalue weighted by Crippen LogP contribution is 2.40. The Hall–Kier alpha value is -3.12. The summed E-state index contributed by atoms with van der Waals surface area (Å²) in [6.07, 6.45) is 0.112. The second kappa shape index (κ2) is 10.4. The Morgan fingerprint density at radius 1 is 1.15 bits per heavy atom. The van der Waals surface area contributed by atoms with E-state index in [1.54, 1.807) is 24.7 Å². The highest BCUT2D eigenvalue weighted by Gasteiger charge is 2.50. The maximum atomic E-state index is 11.3. The van der Waals surface area contributed by atoms with Crippen LogP contribution in [0.2, 0.25) is 0 Å². The van der Waals surface area contributed by atoms with Gasteiger partial charge in [0, 0.05) is 14.2 Å². The first-order chi connectivity index (χ1) is 16.5. The number of methoxy groups -OCH3 is 2. The van der Waals surface area contributed by atoms with Crippen molar-refractivity contribution in [1.29, 1.82) is 0 Å². The Morgan fingerprint density at radius 2 is 1.94 bits per heavy atom. The summed E-state index contributed by atoms with van der Waals surface area (Å²) >= 11 is 0. The number of nitrogens with zero attached hydrogens (tertiary/aromatic N) is 4. The maximum Gasteiger partial charge on any atom is 0.293 e. The first-order valence-electron chi connectivity index (χ1n) is 10.8. The van der Waals surface area contributed by atoms with Crippen LogP contribution in [0.5, 0.6) is 5.88 Å². The molecular formula is C23H28N4O7. The number of imidazole rings is 1. The Kier molecular flexibility index (Phi) is 7.37. The average Bonchev–Trinajstić information content (AvgIpc) is 3.41. The van der Waals surface area contributed by atoms with Crippen LogP contribution in [-0.2, 0) is 35.1 Å². The Labute approximate surface area is 196 Å². The largest absolute Gasteiger partial charge is 0.471 e. The van der Waals surface area contributed by atoms with Crippen molar-refractivity contribution in [3.63, 3.8) is 0 Å². The van der Waals surface area contributed by atoms with Gasteiger partial charge in [0.1, 0.15) is 25.1 Å². The molecule has 4 rings (SSSR count). The van der Waals surface area contributed by atoms with Gasteiger partial charge in [0.15, 0.2) is 29.3 Å². The van der Waals surface area contributed by atoms with E-state index in [1.807, 2.05) is 30.3 Å². The minimum absolute atomic E-state index is 0.187. The van der Waals surface area contributed by atoms with Gasteiger partial charge in [0.2, 0.25) is 5.88 Å². The normalized spacial score (nSPS) is 21.3. The van der Waals surface area contributed by atoms with E-state index in [0.717, 1.165) is 5.56 Å². The van der Waals surface area contributed by atoms with Crippen LogP contribution in [0, 0.1) is 0 Å². The lowest BCUT2D eigenvalue weighted by molar-refractivity contribution is -0.180. The van der Waals surface area contributed by atoms with Gasteiger partial charge in [-0.15, -0.1) is 0 Å². The fourth-order valence-electron chi connectivity index (χ4n) is 3.97. The molecule has 4 atom stereocenters. The van der Waals surface area contributed by atoms with Gasteiger partial charge in [-0.1, -0.05) is 30.3 Å². The lowest BCUT2D eigenvalue weighted by Crippen LogP contribution is -2.46. The topological polar surface area (TPSA) is 116 Å². The first kappa shape index (κ1) is 24.0. The van der Waals surface area contributed by atoms with Gasteiger partial charge >= 0.3 is 0 Å². The third-order valence-electron chi connectivity index (χ3n) is 5.46. The van der Waals surface area contributed by atoms with Crippen molar-refractivity contribution >= 4 is 17.6 Å². The summed E-state index contributed by atoms with van der Waals surface area (Å²) in [5, 5.41) is 0. The van der Waals surface area contributed by atoms with Crippen molar-refractivity contribution in [1.82, 2.24) is 19.5 Å². The second-order valence-electron chi connectivity index (χ2n) is 8.19. The van der Waals surface area contributed by atoms with Crippen molar-refractivity contribution in [2.75, 3.05) is 20.8 Å². The zero-order chi connectivity index (χ0) is 24.1. The van der Waals surface area contributed by atoms with Crippen LogP contribution >= 0.6 is 0 Å². The number of rotatable bonds is 11. The number of carbonyl (C=O) groups excluding carboxylic acids is 1. The SMILES string of the molecule is COC[C@@H](OC)[C@@H](OC=O)[C@@H]1OC(C)(C)O[C@H]1n1cnc2c(OCc3ccccc3)ncnc21. The summed E-state index contributed by atoms with van der Waals surface area (Å²) in [5.74, 6) is -0.626. The van der Waals surface area contributed by atoms with E-state index in [1.165, 1.54) is 20.5 Å². The van der Waals surface area contributed by atoms with Crippen LogP contribution in [0.15, 0.2) is 43.0 Å². The maximum absolute atomic E-state index is 11.3. The van der Waals surface area contributed by atoms with E-state index < -0.39 is 30.3 Å². The summed E-state index contributed by atoms with van der Waals surface area (Å²) in [7, 11) is 3.05. The summed E-state index contributed by atoms with van der Waals surface area (Å²) in [4.78, 5) is 24.5. The molecule has 11 heteroatoms. The van der Waals surface area contributed by atoms with Crippen molar-refractivity contribution in [3.8, 4) is 5.88 Å². The monoisotopic (exact) mass is 472 g/mol. The molecule has 0 radical (unpaired) electrons. The van der Waals surface area contributed by atoms with E-state index in [0.29, 0.717) is 30.1 Å². The molecule has 0 unspecified atom stereocenters. The smallest absolute Gasteiger partial charge is 0.293 e.